The van der Waals surface area contributed by atoms with E-state index in [1.54, 1.807) is 0 Å². The molecule has 0 aliphatic rings. The van der Waals surface area contributed by atoms with E-state index in [2.05, 4.69) is 48.8 Å². The smallest absolute Gasteiger partial charge is 0.0709 e. The molecular weight excluding hydrogens is 288 g/mol. The van der Waals surface area contributed by atoms with Gasteiger partial charge in [0.2, 0.25) is 0 Å². The van der Waals surface area contributed by atoms with Crippen LogP contribution in [0.15, 0.2) is 28.7 Å². The lowest BCUT2D eigenvalue weighted by Gasteiger charge is -2.19. The summed E-state index contributed by atoms with van der Waals surface area (Å²) in [5, 5.41) is 10.0. The first kappa shape index (κ1) is 13.0. The number of aromatic nitrogens is 1. The molecule has 3 heteroatoms. The molecule has 0 bridgehead atoms. The van der Waals surface area contributed by atoms with Crippen molar-refractivity contribution in [1.82, 2.24) is 4.98 Å². The normalized spacial score (nSPS) is 11.5. The van der Waals surface area contributed by atoms with Gasteiger partial charge in [-0.05, 0) is 29.8 Å². The van der Waals surface area contributed by atoms with E-state index in [0.29, 0.717) is 6.42 Å². The van der Waals surface area contributed by atoms with Crippen molar-refractivity contribution in [1.29, 1.82) is 5.26 Å². The van der Waals surface area contributed by atoms with Crippen molar-refractivity contribution in [2.45, 2.75) is 32.6 Å². The quantitative estimate of drug-likeness (QED) is 0.785. The second kappa shape index (κ2) is 4.70. The Bertz CT molecular complexity index is 633. The van der Waals surface area contributed by atoms with E-state index < -0.39 is 0 Å². The summed E-state index contributed by atoms with van der Waals surface area (Å²) >= 11 is 3.47. The lowest BCUT2D eigenvalue weighted by Crippen LogP contribution is -2.14. The lowest BCUT2D eigenvalue weighted by atomic mass is 9.89. The van der Waals surface area contributed by atoms with E-state index in [0.717, 1.165) is 26.6 Å². The van der Waals surface area contributed by atoms with Gasteiger partial charge >= 0.3 is 0 Å². The monoisotopic (exact) mass is 302 g/mol. The highest BCUT2D eigenvalue weighted by Gasteiger charge is 2.17. The average Bonchev–Trinajstić information content (AvgIpc) is 2.28. The Hall–Kier alpha value is -1.40. The fraction of sp³-hybridized carbons (Fsp3) is 0.333. The van der Waals surface area contributed by atoms with Gasteiger partial charge in [0, 0.05) is 21.0 Å². The van der Waals surface area contributed by atoms with Gasteiger partial charge in [-0.2, -0.15) is 5.26 Å². The minimum absolute atomic E-state index is 0.00846. The van der Waals surface area contributed by atoms with Gasteiger partial charge in [0.25, 0.3) is 0 Å². The van der Waals surface area contributed by atoms with Crippen LogP contribution in [0.25, 0.3) is 10.9 Å². The number of pyridine rings is 1. The number of rotatable bonds is 1. The Kier molecular flexibility index (Phi) is 3.41. The molecule has 18 heavy (non-hydrogen) atoms. The zero-order valence-corrected chi connectivity index (χ0v) is 12.4. The first-order valence-corrected chi connectivity index (χ1v) is 6.68. The van der Waals surface area contributed by atoms with Gasteiger partial charge in [0.15, 0.2) is 0 Å². The van der Waals surface area contributed by atoms with Crippen LogP contribution < -0.4 is 0 Å². The number of fused-ring (bicyclic) bond motifs is 1. The number of nitriles is 1. The van der Waals surface area contributed by atoms with Gasteiger partial charge in [0.05, 0.1) is 18.0 Å². The summed E-state index contributed by atoms with van der Waals surface area (Å²) in [6.07, 6.45) is 0.415. The molecule has 0 N–H and O–H groups in total. The summed E-state index contributed by atoms with van der Waals surface area (Å²) in [6.45, 7) is 6.41. The van der Waals surface area contributed by atoms with Crippen LogP contribution in [-0.2, 0) is 11.8 Å². The summed E-state index contributed by atoms with van der Waals surface area (Å²) in [6, 6.07) is 10.3. The first-order valence-electron chi connectivity index (χ1n) is 5.88. The SMILES string of the molecule is CC(C)(C)c1cc(CC#N)c2cc(Br)ccc2n1. The molecule has 0 spiro atoms. The number of hydrogen-bond acceptors (Lipinski definition) is 2. The molecule has 0 radical (unpaired) electrons. The molecule has 2 nitrogen and oxygen atoms in total. The highest BCUT2D eigenvalue weighted by Crippen LogP contribution is 2.28. The van der Waals surface area contributed by atoms with E-state index in [1.165, 1.54) is 0 Å². The van der Waals surface area contributed by atoms with Crippen LogP contribution in [0.5, 0.6) is 0 Å². The lowest BCUT2D eigenvalue weighted by molar-refractivity contribution is 0.571. The van der Waals surface area contributed by atoms with Crippen LogP contribution in [0.4, 0.5) is 0 Å². The minimum atomic E-state index is -0.00846. The maximum atomic E-state index is 8.96. The number of nitrogens with zero attached hydrogens (tertiary/aromatic N) is 2. The molecule has 1 heterocycles. The Balaban J connectivity index is 2.75. The van der Waals surface area contributed by atoms with Gasteiger partial charge in [-0.3, -0.25) is 4.98 Å². The van der Waals surface area contributed by atoms with E-state index in [9.17, 15) is 0 Å². The predicted octanol–water partition coefficient (Wildman–Crippen LogP) is 4.36. The van der Waals surface area contributed by atoms with Crippen LogP contribution in [0.1, 0.15) is 32.0 Å². The first-order chi connectivity index (χ1) is 8.41. The third kappa shape index (κ3) is 2.54. The summed E-state index contributed by atoms with van der Waals surface area (Å²) < 4.78 is 1.01. The minimum Gasteiger partial charge on any atom is -0.252 e. The van der Waals surface area contributed by atoms with Crippen LogP contribution >= 0.6 is 15.9 Å². The summed E-state index contributed by atoms with van der Waals surface area (Å²) in [5.74, 6) is 0. The molecule has 0 amide bonds. The molecule has 92 valence electrons. The van der Waals surface area contributed by atoms with E-state index >= 15 is 0 Å². The highest BCUT2D eigenvalue weighted by molar-refractivity contribution is 9.10. The van der Waals surface area contributed by atoms with Crippen molar-refractivity contribution >= 4 is 26.8 Å². The van der Waals surface area contributed by atoms with Crippen molar-refractivity contribution in [3.05, 3.63) is 40.0 Å². The Labute approximate surface area is 116 Å². The fourth-order valence-electron chi connectivity index (χ4n) is 1.88. The standard InChI is InChI=1S/C15H15BrN2/c1-15(2,3)14-8-10(6-7-17)12-9-11(16)4-5-13(12)18-14/h4-5,8-9H,6H2,1-3H3. The number of halogens is 1. The molecule has 0 saturated heterocycles. The van der Waals surface area contributed by atoms with Crippen LogP contribution in [-0.4, -0.2) is 4.98 Å². The second-order valence-corrected chi connectivity index (χ2v) is 6.33. The molecule has 0 saturated carbocycles. The molecule has 0 aliphatic heterocycles. The Morgan fingerprint density at radius 3 is 2.61 bits per heavy atom. The molecule has 2 rings (SSSR count). The van der Waals surface area contributed by atoms with Crippen LogP contribution in [0.3, 0.4) is 0 Å². The van der Waals surface area contributed by atoms with E-state index in [1.807, 2.05) is 18.2 Å². The molecular formula is C15H15BrN2. The third-order valence-corrected chi connectivity index (χ3v) is 3.39. The highest BCUT2D eigenvalue weighted by atomic mass is 79.9. The Morgan fingerprint density at radius 1 is 1.28 bits per heavy atom. The average molecular weight is 303 g/mol. The molecule has 0 aliphatic carbocycles. The van der Waals surface area contributed by atoms with Crippen LogP contribution in [0, 0.1) is 11.3 Å². The second-order valence-electron chi connectivity index (χ2n) is 5.41. The van der Waals surface area contributed by atoms with Crippen molar-refractivity contribution in [2.75, 3.05) is 0 Å². The van der Waals surface area contributed by atoms with Gasteiger partial charge in [-0.1, -0.05) is 36.7 Å². The number of hydrogen-bond donors (Lipinski definition) is 0. The van der Waals surface area contributed by atoms with Gasteiger partial charge in [0.1, 0.15) is 0 Å². The summed E-state index contributed by atoms with van der Waals surface area (Å²) in [5.41, 5.74) is 3.03. The fourth-order valence-corrected chi connectivity index (χ4v) is 2.24. The largest absolute Gasteiger partial charge is 0.252 e. The maximum absolute atomic E-state index is 8.96. The zero-order chi connectivity index (χ0) is 13.3. The van der Waals surface area contributed by atoms with Crippen molar-refractivity contribution in [3.8, 4) is 6.07 Å². The molecule has 2 aromatic rings. The molecule has 0 fully saturated rings. The van der Waals surface area contributed by atoms with Gasteiger partial charge < -0.3 is 0 Å². The van der Waals surface area contributed by atoms with Crippen molar-refractivity contribution in [3.63, 3.8) is 0 Å². The molecule has 1 aromatic heterocycles. The maximum Gasteiger partial charge on any atom is 0.0709 e. The molecule has 1 aromatic carbocycles. The molecule has 0 unspecified atom stereocenters. The number of benzene rings is 1. The van der Waals surface area contributed by atoms with E-state index in [4.69, 9.17) is 10.2 Å². The van der Waals surface area contributed by atoms with E-state index in [-0.39, 0.29) is 5.41 Å². The van der Waals surface area contributed by atoms with Gasteiger partial charge in [-0.25, -0.2) is 0 Å². The Morgan fingerprint density at radius 2 is 2.00 bits per heavy atom. The molecule has 0 atom stereocenters. The van der Waals surface area contributed by atoms with Crippen molar-refractivity contribution < 1.29 is 0 Å². The predicted molar refractivity (Wildman–Crippen MR) is 77.5 cm³/mol. The third-order valence-electron chi connectivity index (χ3n) is 2.89. The van der Waals surface area contributed by atoms with Crippen LogP contribution in [0.2, 0.25) is 0 Å². The summed E-state index contributed by atoms with van der Waals surface area (Å²) in [7, 11) is 0. The zero-order valence-electron chi connectivity index (χ0n) is 10.8. The van der Waals surface area contributed by atoms with Gasteiger partial charge in [-0.15, -0.1) is 0 Å². The summed E-state index contributed by atoms with van der Waals surface area (Å²) in [4.78, 5) is 4.70. The van der Waals surface area contributed by atoms with Crippen molar-refractivity contribution in [2.24, 2.45) is 0 Å². The topological polar surface area (TPSA) is 36.7 Å².